The first kappa shape index (κ1) is 17.6. The summed E-state index contributed by atoms with van der Waals surface area (Å²) in [4.78, 5) is 21.3. The lowest BCUT2D eigenvalue weighted by Gasteiger charge is -2.07. The molecule has 1 amide bonds. The largest absolute Gasteiger partial charge is 0.289 e. The quantitative estimate of drug-likeness (QED) is 0.578. The molecule has 2 heterocycles. The third kappa shape index (κ3) is 3.96. The number of nitrogens with one attached hydrogen (secondary N) is 1. The van der Waals surface area contributed by atoms with Gasteiger partial charge in [0.15, 0.2) is 0 Å². The van der Waals surface area contributed by atoms with Crippen molar-refractivity contribution in [2.45, 2.75) is 13.5 Å². The summed E-state index contributed by atoms with van der Waals surface area (Å²) >= 11 is 0. The van der Waals surface area contributed by atoms with Crippen molar-refractivity contribution in [3.8, 4) is 11.3 Å². The fourth-order valence-electron chi connectivity index (χ4n) is 2.94. The summed E-state index contributed by atoms with van der Waals surface area (Å²) in [6.45, 7) is 2.42. The molecule has 2 aromatic carbocycles. The molecule has 4 aromatic rings. The van der Waals surface area contributed by atoms with E-state index in [9.17, 15) is 4.79 Å². The van der Waals surface area contributed by atoms with E-state index in [1.54, 1.807) is 17.1 Å². The maximum absolute atomic E-state index is 12.6. The lowest BCUT2D eigenvalue weighted by Crippen LogP contribution is -2.15. The molecular formula is C22H19N5O. The highest BCUT2D eigenvalue weighted by Gasteiger charge is 2.13. The van der Waals surface area contributed by atoms with Crippen molar-refractivity contribution in [3.05, 3.63) is 95.9 Å². The third-order valence-corrected chi connectivity index (χ3v) is 4.35. The molecule has 0 saturated heterocycles. The summed E-state index contributed by atoms with van der Waals surface area (Å²) in [5.74, 6) is -0.00506. The van der Waals surface area contributed by atoms with Crippen molar-refractivity contribution in [2.24, 2.45) is 0 Å². The number of nitrogens with zero attached hydrogens (tertiary/aromatic N) is 4. The highest BCUT2D eigenvalue weighted by molar-refractivity contribution is 6.04. The van der Waals surface area contributed by atoms with Gasteiger partial charge < -0.3 is 0 Å². The molecular weight excluding hydrogens is 350 g/mol. The van der Waals surface area contributed by atoms with Crippen molar-refractivity contribution in [3.63, 3.8) is 0 Å². The fraction of sp³-hybridized carbons (Fsp3) is 0.0909. The van der Waals surface area contributed by atoms with Gasteiger partial charge in [-0.15, -0.1) is 5.10 Å². The SMILES string of the molecule is Cc1nc(-c2ccccc2)ccc1C(=O)Nc1ncn(Cc2ccccc2)n1. The number of carbonyl (C=O) groups is 1. The van der Waals surface area contributed by atoms with Crippen LogP contribution in [0.2, 0.25) is 0 Å². The van der Waals surface area contributed by atoms with E-state index in [-0.39, 0.29) is 11.9 Å². The van der Waals surface area contributed by atoms with E-state index >= 15 is 0 Å². The second kappa shape index (κ2) is 7.84. The second-order valence-electron chi connectivity index (χ2n) is 6.40. The predicted octanol–water partition coefficient (Wildman–Crippen LogP) is 3.95. The summed E-state index contributed by atoms with van der Waals surface area (Å²) in [5.41, 5.74) is 4.11. The smallest absolute Gasteiger partial charge is 0.259 e. The minimum atomic E-state index is -0.276. The summed E-state index contributed by atoms with van der Waals surface area (Å²) in [6.07, 6.45) is 1.60. The molecule has 0 atom stereocenters. The molecule has 0 bridgehead atoms. The van der Waals surface area contributed by atoms with Crippen LogP contribution in [-0.4, -0.2) is 25.7 Å². The van der Waals surface area contributed by atoms with Crippen molar-refractivity contribution in [1.29, 1.82) is 0 Å². The summed E-state index contributed by atoms with van der Waals surface area (Å²) in [7, 11) is 0. The fourth-order valence-corrected chi connectivity index (χ4v) is 2.94. The number of amides is 1. The molecule has 0 saturated carbocycles. The van der Waals surface area contributed by atoms with Gasteiger partial charge in [-0.1, -0.05) is 60.7 Å². The molecule has 0 radical (unpaired) electrons. The number of pyridine rings is 1. The zero-order valence-electron chi connectivity index (χ0n) is 15.4. The molecule has 0 aliphatic rings. The normalized spacial score (nSPS) is 10.6. The number of carbonyl (C=O) groups excluding carboxylic acids is 1. The van der Waals surface area contributed by atoms with Gasteiger partial charge in [-0.25, -0.2) is 9.67 Å². The van der Waals surface area contributed by atoms with Crippen LogP contribution in [0.5, 0.6) is 0 Å². The van der Waals surface area contributed by atoms with Crippen LogP contribution in [0.1, 0.15) is 21.6 Å². The molecule has 6 nitrogen and oxygen atoms in total. The summed E-state index contributed by atoms with van der Waals surface area (Å²) in [5, 5.41) is 7.06. The maximum atomic E-state index is 12.6. The van der Waals surface area contributed by atoms with Crippen LogP contribution in [-0.2, 0) is 6.54 Å². The van der Waals surface area contributed by atoms with Gasteiger partial charge in [0.1, 0.15) is 6.33 Å². The molecule has 28 heavy (non-hydrogen) atoms. The number of benzene rings is 2. The first-order valence-electron chi connectivity index (χ1n) is 8.97. The first-order chi connectivity index (χ1) is 13.7. The van der Waals surface area contributed by atoms with Crippen LogP contribution in [0.4, 0.5) is 5.95 Å². The summed E-state index contributed by atoms with van der Waals surface area (Å²) < 4.78 is 1.69. The lowest BCUT2D eigenvalue weighted by atomic mass is 10.1. The third-order valence-electron chi connectivity index (χ3n) is 4.35. The van der Waals surface area contributed by atoms with Crippen molar-refractivity contribution >= 4 is 11.9 Å². The van der Waals surface area contributed by atoms with E-state index in [4.69, 9.17) is 0 Å². The Hall–Kier alpha value is -3.80. The predicted molar refractivity (Wildman–Crippen MR) is 108 cm³/mol. The lowest BCUT2D eigenvalue weighted by molar-refractivity contribution is 0.102. The molecule has 4 rings (SSSR count). The van der Waals surface area contributed by atoms with Crippen LogP contribution in [0.15, 0.2) is 79.1 Å². The van der Waals surface area contributed by atoms with Gasteiger partial charge in [0.2, 0.25) is 5.95 Å². The van der Waals surface area contributed by atoms with Gasteiger partial charge in [0, 0.05) is 5.56 Å². The highest BCUT2D eigenvalue weighted by Crippen LogP contribution is 2.19. The number of anilines is 1. The Morgan fingerprint density at radius 2 is 1.68 bits per heavy atom. The number of hydrogen-bond donors (Lipinski definition) is 1. The number of aromatic nitrogens is 4. The Bertz CT molecular complexity index is 1090. The van der Waals surface area contributed by atoms with Crippen LogP contribution >= 0.6 is 0 Å². The van der Waals surface area contributed by atoms with Gasteiger partial charge in [0.05, 0.1) is 23.5 Å². The van der Waals surface area contributed by atoms with Crippen LogP contribution < -0.4 is 5.32 Å². The number of rotatable bonds is 5. The van der Waals surface area contributed by atoms with E-state index in [2.05, 4.69) is 20.4 Å². The van der Waals surface area contributed by atoms with Crippen molar-refractivity contribution < 1.29 is 4.79 Å². The van der Waals surface area contributed by atoms with E-state index in [0.29, 0.717) is 17.8 Å². The zero-order chi connectivity index (χ0) is 19.3. The molecule has 138 valence electrons. The van der Waals surface area contributed by atoms with Gasteiger partial charge >= 0.3 is 0 Å². The Labute approximate surface area is 162 Å². The summed E-state index contributed by atoms with van der Waals surface area (Å²) in [6, 6.07) is 23.4. The average Bonchev–Trinajstić information content (AvgIpc) is 3.16. The van der Waals surface area contributed by atoms with Crippen molar-refractivity contribution in [1.82, 2.24) is 19.7 Å². The van der Waals surface area contributed by atoms with Gasteiger partial charge in [-0.2, -0.15) is 0 Å². The standard InChI is InChI=1S/C22H19N5O/c1-16-19(12-13-20(24-16)18-10-6-3-7-11-18)21(28)25-22-23-15-27(26-22)14-17-8-4-2-5-9-17/h2-13,15H,14H2,1H3,(H,25,26,28). The minimum Gasteiger partial charge on any atom is -0.289 e. The minimum absolute atomic E-state index is 0.271. The van der Waals surface area contributed by atoms with Gasteiger partial charge in [-0.3, -0.25) is 15.1 Å². The van der Waals surface area contributed by atoms with Gasteiger partial charge in [0.25, 0.3) is 5.91 Å². The monoisotopic (exact) mass is 369 g/mol. The van der Waals surface area contributed by atoms with Gasteiger partial charge in [-0.05, 0) is 24.6 Å². The second-order valence-corrected chi connectivity index (χ2v) is 6.40. The van der Waals surface area contributed by atoms with E-state index < -0.39 is 0 Å². The number of aryl methyl sites for hydroxylation is 1. The highest BCUT2D eigenvalue weighted by atomic mass is 16.1. The maximum Gasteiger partial charge on any atom is 0.259 e. The molecule has 0 unspecified atom stereocenters. The Balaban J connectivity index is 1.47. The first-order valence-corrected chi connectivity index (χ1v) is 8.97. The molecule has 2 aromatic heterocycles. The van der Waals surface area contributed by atoms with E-state index in [0.717, 1.165) is 16.8 Å². The van der Waals surface area contributed by atoms with E-state index in [1.807, 2.05) is 73.7 Å². The Morgan fingerprint density at radius 1 is 0.964 bits per heavy atom. The number of hydrogen-bond acceptors (Lipinski definition) is 4. The zero-order valence-corrected chi connectivity index (χ0v) is 15.4. The molecule has 6 heteroatoms. The topological polar surface area (TPSA) is 72.7 Å². The van der Waals surface area contributed by atoms with E-state index in [1.165, 1.54) is 0 Å². The van der Waals surface area contributed by atoms with Crippen molar-refractivity contribution in [2.75, 3.05) is 5.32 Å². The molecule has 0 spiro atoms. The van der Waals surface area contributed by atoms with Crippen LogP contribution in [0.25, 0.3) is 11.3 Å². The average molecular weight is 369 g/mol. The molecule has 1 N–H and O–H groups in total. The van der Waals surface area contributed by atoms with Crippen LogP contribution in [0, 0.1) is 6.92 Å². The Morgan fingerprint density at radius 3 is 2.39 bits per heavy atom. The molecule has 0 aliphatic heterocycles. The van der Waals surface area contributed by atoms with Crippen LogP contribution in [0.3, 0.4) is 0 Å². The molecule has 0 aliphatic carbocycles. The molecule has 0 fully saturated rings. The Kier molecular flexibility index (Phi) is 4.93.